The van der Waals surface area contributed by atoms with Crippen molar-refractivity contribution in [2.24, 2.45) is 5.92 Å². The highest BCUT2D eigenvalue weighted by atomic mass is 16.5. The Morgan fingerprint density at radius 1 is 1.03 bits per heavy atom. The van der Waals surface area contributed by atoms with E-state index in [2.05, 4.69) is 20.7 Å². The van der Waals surface area contributed by atoms with Gasteiger partial charge in [-0.2, -0.15) is 5.10 Å². The second-order valence-corrected chi connectivity index (χ2v) is 7.52. The largest absolute Gasteiger partial charge is 0.497 e. The molecule has 9 heteroatoms. The molecule has 168 valence electrons. The Kier molecular flexibility index (Phi) is 7.43. The zero-order chi connectivity index (χ0) is 23.1. The third-order valence-electron chi connectivity index (χ3n) is 4.94. The van der Waals surface area contributed by atoms with Gasteiger partial charge in [-0.1, -0.05) is 26.0 Å². The predicted octanol–water partition coefficient (Wildman–Crippen LogP) is 2.36. The van der Waals surface area contributed by atoms with E-state index in [1.54, 1.807) is 29.2 Å². The number of ether oxygens (including phenoxy) is 2. The van der Waals surface area contributed by atoms with E-state index in [1.165, 1.54) is 20.5 Å². The van der Waals surface area contributed by atoms with Gasteiger partial charge in [0.2, 0.25) is 5.91 Å². The lowest BCUT2D eigenvalue weighted by Crippen LogP contribution is -2.49. The summed E-state index contributed by atoms with van der Waals surface area (Å²) in [5.74, 6) is 0.238. The molecule has 3 aromatic rings. The van der Waals surface area contributed by atoms with E-state index in [9.17, 15) is 9.59 Å². The number of benzene rings is 2. The number of amides is 2. The smallest absolute Gasteiger partial charge is 0.252 e. The molecule has 32 heavy (non-hydrogen) atoms. The van der Waals surface area contributed by atoms with Crippen LogP contribution in [0.3, 0.4) is 0 Å². The Labute approximate surface area is 186 Å². The first kappa shape index (κ1) is 22.8. The molecule has 0 spiro atoms. The van der Waals surface area contributed by atoms with Crippen LogP contribution in [0.25, 0.3) is 5.69 Å². The molecular weight excluding hydrogens is 410 g/mol. The number of nitrogens with zero attached hydrogens (tertiary/aromatic N) is 3. The Bertz CT molecular complexity index is 1030. The lowest BCUT2D eigenvalue weighted by Gasteiger charge is -2.22. The third-order valence-corrected chi connectivity index (χ3v) is 4.94. The van der Waals surface area contributed by atoms with Crippen molar-refractivity contribution in [3.05, 3.63) is 66.2 Å². The van der Waals surface area contributed by atoms with E-state index in [0.717, 1.165) is 11.3 Å². The van der Waals surface area contributed by atoms with E-state index in [0.29, 0.717) is 23.6 Å². The van der Waals surface area contributed by atoms with Crippen LogP contribution in [0.2, 0.25) is 0 Å². The normalized spacial score (nSPS) is 11.7. The minimum atomic E-state index is -0.700. The number of methoxy groups -OCH3 is 2. The summed E-state index contributed by atoms with van der Waals surface area (Å²) in [7, 11) is 3.03. The summed E-state index contributed by atoms with van der Waals surface area (Å²) in [5.41, 5.74) is 2.15. The van der Waals surface area contributed by atoms with Gasteiger partial charge in [-0.05, 0) is 35.7 Å². The average molecular weight is 438 g/mol. The maximum Gasteiger partial charge on any atom is 0.252 e. The monoisotopic (exact) mass is 437 g/mol. The van der Waals surface area contributed by atoms with Crippen LogP contribution in [0.5, 0.6) is 11.5 Å². The quantitative estimate of drug-likeness (QED) is 0.532. The number of nitrogens with one attached hydrogen (secondary N) is 2. The molecular formula is C23H27N5O4. The van der Waals surface area contributed by atoms with Crippen molar-refractivity contribution in [2.75, 3.05) is 14.2 Å². The fraction of sp³-hybridized carbons (Fsp3) is 0.304. The molecule has 2 aromatic carbocycles. The van der Waals surface area contributed by atoms with Crippen molar-refractivity contribution in [3.8, 4) is 17.2 Å². The van der Waals surface area contributed by atoms with Crippen LogP contribution in [0, 0.1) is 5.92 Å². The minimum absolute atomic E-state index is 0.110. The van der Waals surface area contributed by atoms with Crippen molar-refractivity contribution in [1.29, 1.82) is 0 Å². The van der Waals surface area contributed by atoms with E-state index in [-0.39, 0.29) is 17.7 Å². The highest BCUT2D eigenvalue weighted by molar-refractivity contribution is 5.98. The summed E-state index contributed by atoms with van der Waals surface area (Å²) < 4.78 is 12.1. The van der Waals surface area contributed by atoms with Crippen molar-refractivity contribution >= 4 is 11.8 Å². The van der Waals surface area contributed by atoms with Crippen molar-refractivity contribution in [2.45, 2.75) is 26.4 Å². The maximum absolute atomic E-state index is 12.8. The second-order valence-electron chi connectivity index (χ2n) is 7.52. The summed E-state index contributed by atoms with van der Waals surface area (Å²) in [6, 6.07) is 11.8. The van der Waals surface area contributed by atoms with Gasteiger partial charge < -0.3 is 20.1 Å². The minimum Gasteiger partial charge on any atom is -0.497 e. The molecule has 2 amide bonds. The summed E-state index contributed by atoms with van der Waals surface area (Å²) >= 11 is 0. The molecule has 0 saturated heterocycles. The molecule has 1 atom stereocenters. The first-order valence-electron chi connectivity index (χ1n) is 10.2. The molecule has 0 bridgehead atoms. The van der Waals surface area contributed by atoms with E-state index >= 15 is 0 Å². The SMILES string of the molecule is COc1cc(OC)cc(C(=O)NC(C(=O)NCc2ccc(-n3cncn3)cc2)C(C)C)c1. The standard InChI is InChI=1S/C23H27N5O4/c1-15(2)21(27-22(29)17-9-19(31-3)11-20(10-17)32-4)23(30)25-12-16-5-7-18(8-6-16)28-14-24-13-26-28/h5-11,13-15,21H,12H2,1-4H3,(H,25,30)(H,27,29). The van der Waals surface area contributed by atoms with Gasteiger partial charge in [0.25, 0.3) is 5.91 Å². The fourth-order valence-corrected chi connectivity index (χ4v) is 3.11. The van der Waals surface area contributed by atoms with Gasteiger partial charge in [-0.15, -0.1) is 0 Å². The number of carbonyl (C=O) groups excluding carboxylic acids is 2. The van der Waals surface area contributed by atoms with Crippen LogP contribution in [-0.2, 0) is 11.3 Å². The maximum atomic E-state index is 12.8. The van der Waals surface area contributed by atoms with Crippen LogP contribution < -0.4 is 20.1 Å². The molecule has 0 radical (unpaired) electrons. The molecule has 0 aliphatic carbocycles. The number of hydrogen-bond acceptors (Lipinski definition) is 6. The van der Waals surface area contributed by atoms with E-state index < -0.39 is 6.04 Å². The van der Waals surface area contributed by atoms with Gasteiger partial charge in [0.15, 0.2) is 0 Å². The zero-order valence-corrected chi connectivity index (χ0v) is 18.5. The van der Waals surface area contributed by atoms with Gasteiger partial charge in [0.05, 0.1) is 19.9 Å². The van der Waals surface area contributed by atoms with Gasteiger partial charge >= 0.3 is 0 Å². The fourth-order valence-electron chi connectivity index (χ4n) is 3.11. The Morgan fingerprint density at radius 2 is 1.69 bits per heavy atom. The lowest BCUT2D eigenvalue weighted by atomic mass is 10.0. The number of aromatic nitrogens is 3. The first-order valence-corrected chi connectivity index (χ1v) is 10.2. The zero-order valence-electron chi connectivity index (χ0n) is 18.5. The molecule has 1 heterocycles. The Hall–Kier alpha value is -3.88. The molecule has 0 saturated carbocycles. The van der Waals surface area contributed by atoms with Gasteiger partial charge in [-0.25, -0.2) is 9.67 Å². The number of hydrogen-bond donors (Lipinski definition) is 2. The molecule has 0 aliphatic rings. The first-order chi connectivity index (χ1) is 15.4. The van der Waals surface area contributed by atoms with Crippen LogP contribution >= 0.6 is 0 Å². The van der Waals surface area contributed by atoms with Gasteiger partial charge in [0, 0.05) is 18.2 Å². The highest BCUT2D eigenvalue weighted by Gasteiger charge is 2.25. The summed E-state index contributed by atoms with van der Waals surface area (Å²) in [6.45, 7) is 4.09. The summed E-state index contributed by atoms with van der Waals surface area (Å²) in [6.07, 6.45) is 3.08. The van der Waals surface area contributed by atoms with Crippen LogP contribution in [-0.4, -0.2) is 46.8 Å². The van der Waals surface area contributed by atoms with Crippen LogP contribution in [0.15, 0.2) is 55.1 Å². The van der Waals surface area contributed by atoms with Crippen molar-refractivity contribution < 1.29 is 19.1 Å². The highest BCUT2D eigenvalue weighted by Crippen LogP contribution is 2.22. The Balaban J connectivity index is 1.64. The van der Waals surface area contributed by atoms with Crippen molar-refractivity contribution in [3.63, 3.8) is 0 Å². The molecule has 9 nitrogen and oxygen atoms in total. The number of carbonyl (C=O) groups is 2. The summed E-state index contributed by atoms with van der Waals surface area (Å²) in [4.78, 5) is 29.6. The topological polar surface area (TPSA) is 107 Å². The third kappa shape index (κ3) is 5.63. The van der Waals surface area contributed by atoms with E-state index in [4.69, 9.17) is 9.47 Å². The summed E-state index contributed by atoms with van der Waals surface area (Å²) in [5, 5.41) is 9.80. The second kappa shape index (κ2) is 10.4. The predicted molar refractivity (Wildman–Crippen MR) is 119 cm³/mol. The van der Waals surface area contributed by atoms with Crippen LogP contribution in [0.4, 0.5) is 0 Å². The molecule has 0 fully saturated rings. The van der Waals surface area contributed by atoms with Crippen LogP contribution in [0.1, 0.15) is 29.8 Å². The molecule has 1 aromatic heterocycles. The molecule has 1 unspecified atom stereocenters. The van der Waals surface area contributed by atoms with Gasteiger partial charge in [0.1, 0.15) is 30.2 Å². The van der Waals surface area contributed by atoms with E-state index in [1.807, 2.05) is 38.1 Å². The molecule has 2 N–H and O–H groups in total. The van der Waals surface area contributed by atoms with Crippen molar-refractivity contribution in [1.82, 2.24) is 25.4 Å². The molecule has 0 aliphatic heterocycles. The Morgan fingerprint density at radius 3 is 2.22 bits per heavy atom. The average Bonchev–Trinajstić information content (AvgIpc) is 3.35. The van der Waals surface area contributed by atoms with Gasteiger partial charge in [-0.3, -0.25) is 9.59 Å². The lowest BCUT2D eigenvalue weighted by molar-refractivity contribution is -0.124. The number of rotatable bonds is 9. The molecule has 3 rings (SSSR count).